The van der Waals surface area contributed by atoms with Crippen molar-refractivity contribution >= 4 is 0 Å². The summed E-state index contributed by atoms with van der Waals surface area (Å²) < 4.78 is 5.48. The summed E-state index contributed by atoms with van der Waals surface area (Å²) in [6.45, 7) is 8.10. The Bertz CT molecular complexity index is 295. The summed E-state index contributed by atoms with van der Waals surface area (Å²) in [4.78, 5) is 0. The van der Waals surface area contributed by atoms with Crippen molar-refractivity contribution in [1.29, 1.82) is 0 Å². The lowest BCUT2D eigenvalue weighted by Crippen LogP contribution is -2.26. The van der Waals surface area contributed by atoms with Crippen LogP contribution in [0.4, 0.5) is 0 Å². The summed E-state index contributed by atoms with van der Waals surface area (Å²) in [5.74, 6) is 0.964. The fourth-order valence-electron chi connectivity index (χ4n) is 1.75. The molecule has 0 aliphatic heterocycles. The van der Waals surface area contributed by atoms with Crippen LogP contribution in [0.1, 0.15) is 39.2 Å². The maximum atomic E-state index is 5.48. The Balaban J connectivity index is 2.49. The fourth-order valence-corrected chi connectivity index (χ4v) is 1.75. The second kappa shape index (κ2) is 7.29. The van der Waals surface area contributed by atoms with Gasteiger partial charge in [0.1, 0.15) is 5.75 Å². The summed E-state index contributed by atoms with van der Waals surface area (Å²) in [7, 11) is 0. The van der Waals surface area contributed by atoms with Crippen LogP contribution in [0.5, 0.6) is 5.75 Å². The van der Waals surface area contributed by atoms with Crippen LogP contribution in [0.15, 0.2) is 24.3 Å². The molecule has 0 fully saturated rings. The Morgan fingerprint density at radius 1 is 1.19 bits per heavy atom. The standard InChI is InChI=1S/C14H23NO/c1-4-13(5-2)15-11-12-8-7-9-14(10-12)16-6-3/h7-10,13,15H,4-6,11H2,1-3H3. The van der Waals surface area contributed by atoms with E-state index < -0.39 is 0 Å². The molecule has 90 valence electrons. The van der Waals surface area contributed by atoms with Gasteiger partial charge in [0.25, 0.3) is 0 Å². The van der Waals surface area contributed by atoms with Crippen molar-refractivity contribution in [3.63, 3.8) is 0 Å². The van der Waals surface area contributed by atoms with Crippen molar-refractivity contribution < 1.29 is 4.74 Å². The van der Waals surface area contributed by atoms with Gasteiger partial charge in [-0.1, -0.05) is 26.0 Å². The first kappa shape index (κ1) is 13.0. The van der Waals surface area contributed by atoms with E-state index in [-0.39, 0.29) is 0 Å². The molecule has 0 atom stereocenters. The van der Waals surface area contributed by atoms with E-state index >= 15 is 0 Å². The Hall–Kier alpha value is -1.02. The number of rotatable bonds is 7. The predicted octanol–water partition coefficient (Wildman–Crippen LogP) is 3.36. The van der Waals surface area contributed by atoms with Crippen LogP contribution in [0.25, 0.3) is 0 Å². The fraction of sp³-hybridized carbons (Fsp3) is 0.571. The molecule has 0 saturated heterocycles. The van der Waals surface area contributed by atoms with Gasteiger partial charge in [-0.2, -0.15) is 0 Å². The Morgan fingerprint density at radius 2 is 1.94 bits per heavy atom. The first-order valence-electron chi connectivity index (χ1n) is 6.25. The Morgan fingerprint density at radius 3 is 2.56 bits per heavy atom. The molecule has 0 aromatic heterocycles. The van der Waals surface area contributed by atoms with Gasteiger partial charge in [-0.05, 0) is 37.5 Å². The molecule has 0 radical (unpaired) electrons. The number of nitrogens with one attached hydrogen (secondary N) is 1. The molecular formula is C14H23NO. The van der Waals surface area contributed by atoms with Gasteiger partial charge in [0, 0.05) is 12.6 Å². The zero-order valence-corrected chi connectivity index (χ0v) is 10.6. The largest absolute Gasteiger partial charge is 0.494 e. The molecule has 1 rings (SSSR count). The number of ether oxygens (including phenoxy) is 1. The molecule has 1 aromatic rings. The van der Waals surface area contributed by atoms with Crippen molar-refractivity contribution in [2.24, 2.45) is 0 Å². The average Bonchev–Trinajstić information content (AvgIpc) is 2.31. The van der Waals surface area contributed by atoms with Crippen LogP contribution in [0.3, 0.4) is 0 Å². The minimum atomic E-state index is 0.621. The lowest BCUT2D eigenvalue weighted by atomic mass is 10.1. The van der Waals surface area contributed by atoms with Crippen molar-refractivity contribution in [3.05, 3.63) is 29.8 Å². The first-order chi connectivity index (χ1) is 7.80. The molecule has 2 heteroatoms. The predicted molar refractivity (Wildman–Crippen MR) is 68.8 cm³/mol. The monoisotopic (exact) mass is 221 g/mol. The molecule has 0 spiro atoms. The minimum Gasteiger partial charge on any atom is -0.494 e. The van der Waals surface area contributed by atoms with Gasteiger partial charge < -0.3 is 10.1 Å². The van der Waals surface area contributed by atoms with E-state index in [1.54, 1.807) is 0 Å². The van der Waals surface area contributed by atoms with E-state index in [0.29, 0.717) is 6.04 Å². The van der Waals surface area contributed by atoms with Crippen LogP contribution in [0, 0.1) is 0 Å². The third kappa shape index (κ3) is 4.23. The van der Waals surface area contributed by atoms with Gasteiger partial charge in [-0.3, -0.25) is 0 Å². The van der Waals surface area contributed by atoms with E-state index in [9.17, 15) is 0 Å². The molecule has 0 unspecified atom stereocenters. The second-order valence-electron chi connectivity index (χ2n) is 3.97. The van der Waals surface area contributed by atoms with Gasteiger partial charge in [-0.15, -0.1) is 0 Å². The Kier molecular flexibility index (Phi) is 5.94. The van der Waals surface area contributed by atoms with E-state index in [4.69, 9.17) is 4.74 Å². The quantitative estimate of drug-likeness (QED) is 0.762. The molecular weight excluding hydrogens is 198 g/mol. The smallest absolute Gasteiger partial charge is 0.119 e. The van der Waals surface area contributed by atoms with Crippen molar-refractivity contribution in [2.75, 3.05) is 6.61 Å². The molecule has 0 aliphatic rings. The van der Waals surface area contributed by atoms with Gasteiger partial charge in [0.05, 0.1) is 6.61 Å². The summed E-state index contributed by atoms with van der Waals surface area (Å²) in [6.07, 6.45) is 2.36. The highest BCUT2D eigenvalue weighted by atomic mass is 16.5. The number of hydrogen-bond acceptors (Lipinski definition) is 2. The van der Waals surface area contributed by atoms with Gasteiger partial charge in [0.15, 0.2) is 0 Å². The topological polar surface area (TPSA) is 21.3 Å². The van der Waals surface area contributed by atoms with Gasteiger partial charge >= 0.3 is 0 Å². The zero-order valence-electron chi connectivity index (χ0n) is 10.6. The molecule has 1 N–H and O–H groups in total. The first-order valence-corrected chi connectivity index (χ1v) is 6.25. The summed E-state index contributed by atoms with van der Waals surface area (Å²) in [6, 6.07) is 8.92. The van der Waals surface area contributed by atoms with Crippen LogP contribution >= 0.6 is 0 Å². The minimum absolute atomic E-state index is 0.621. The van der Waals surface area contributed by atoms with E-state index in [1.165, 1.54) is 18.4 Å². The maximum Gasteiger partial charge on any atom is 0.119 e. The number of hydrogen-bond donors (Lipinski definition) is 1. The van der Waals surface area contributed by atoms with Gasteiger partial charge in [-0.25, -0.2) is 0 Å². The van der Waals surface area contributed by atoms with Crippen LogP contribution in [-0.2, 0) is 6.54 Å². The molecule has 16 heavy (non-hydrogen) atoms. The normalized spacial score (nSPS) is 10.8. The van der Waals surface area contributed by atoms with Crippen LogP contribution in [0.2, 0.25) is 0 Å². The van der Waals surface area contributed by atoms with E-state index in [2.05, 4.69) is 37.4 Å². The molecule has 2 nitrogen and oxygen atoms in total. The van der Waals surface area contributed by atoms with Crippen molar-refractivity contribution in [1.82, 2.24) is 5.32 Å². The zero-order chi connectivity index (χ0) is 11.8. The maximum absolute atomic E-state index is 5.48. The van der Waals surface area contributed by atoms with Crippen LogP contribution < -0.4 is 10.1 Å². The molecule has 0 aliphatic carbocycles. The summed E-state index contributed by atoms with van der Waals surface area (Å²) in [5.41, 5.74) is 1.29. The molecule has 0 heterocycles. The molecule has 1 aromatic carbocycles. The van der Waals surface area contributed by atoms with Crippen LogP contribution in [-0.4, -0.2) is 12.6 Å². The lowest BCUT2D eigenvalue weighted by molar-refractivity contribution is 0.339. The molecule has 0 saturated carbocycles. The molecule has 0 bridgehead atoms. The third-order valence-corrected chi connectivity index (χ3v) is 2.79. The molecule has 0 amide bonds. The summed E-state index contributed by atoms with van der Waals surface area (Å²) >= 11 is 0. The van der Waals surface area contributed by atoms with Crippen molar-refractivity contribution in [3.8, 4) is 5.75 Å². The van der Waals surface area contributed by atoms with Crippen molar-refractivity contribution in [2.45, 2.75) is 46.2 Å². The highest BCUT2D eigenvalue weighted by Crippen LogP contribution is 2.13. The summed E-state index contributed by atoms with van der Waals surface area (Å²) in [5, 5.41) is 3.55. The SMILES string of the molecule is CCOc1cccc(CNC(CC)CC)c1. The lowest BCUT2D eigenvalue weighted by Gasteiger charge is -2.15. The van der Waals surface area contributed by atoms with E-state index in [0.717, 1.165) is 18.9 Å². The Labute approximate surface area is 99.0 Å². The highest BCUT2D eigenvalue weighted by Gasteiger charge is 2.02. The second-order valence-corrected chi connectivity index (χ2v) is 3.97. The van der Waals surface area contributed by atoms with Gasteiger partial charge in [0.2, 0.25) is 0 Å². The van der Waals surface area contributed by atoms with E-state index in [1.807, 2.05) is 13.0 Å². The highest BCUT2D eigenvalue weighted by molar-refractivity contribution is 5.28. The average molecular weight is 221 g/mol. The number of benzene rings is 1. The third-order valence-electron chi connectivity index (χ3n) is 2.79.